The first-order chi connectivity index (χ1) is 14.4. The van der Waals surface area contributed by atoms with Gasteiger partial charge in [-0.05, 0) is 23.6 Å². The average Bonchev–Trinajstić information content (AvgIpc) is 3.14. The SMILES string of the molecule is Cc1ccccc1CN1CC(c2nc(Cc3ccccc3)no2)C1.O=C(O)C(=O)O. The Balaban J connectivity index is 0.000000377. The van der Waals surface area contributed by atoms with Crippen LogP contribution < -0.4 is 0 Å². The summed E-state index contributed by atoms with van der Waals surface area (Å²) in [6.45, 7) is 5.14. The molecule has 0 unspecified atom stereocenters. The molecule has 1 aromatic heterocycles. The van der Waals surface area contributed by atoms with Gasteiger partial charge in [0.25, 0.3) is 0 Å². The van der Waals surface area contributed by atoms with E-state index in [9.17, 15) is 0 Å². The Kier molecular flexibility index (Phi) is 6.92. The van der Waals surface area contributed by atoms with Crippen molar-refractivity contribution in [3.8, 4) is 0 Å². The van der Waals surface area contributed by atoms with Crippen LogP contribution in [-0.2, 0) is 22.6 Å². The van der Waals surface area contributed by atoms with Crippen LogP contribution in [0.3, 0.4) is 0 Å². The summed E-state index contributed by atoms with van der Waals surface area (Å²) < 4.78 is 5.48. The van der Waals surface area contributed by atoms with E-state index in [1.54, 1.807) is 0 Å². The molecule has 1 aliphatic heterocycles. The fourth-order valence-electron chi connectivity index (χ4n) is 3.17. The highest BCUT2D eigenvalue weighted by Crippen LogP contribution is 2.28. The molecule has 0 saturated carbocycles. The number of nitrogens with zero attached hydrogens (tertiary/aromatic N) is 3. The molecule has 2 N–H and O–H groups in total. The number of hydrogen-bond acceptors (Lipinski definition) is 6. The smallest absolute Gasteiger partial charge is 0.414 e. The van der Waals surface area contributed by atoms with Crippen LogP contribution in [0.15, 0.2) is 59.1 Å². The van der Waals surface area contributed by atoms with E-state index < -0.39 is 11.9 Å². The minimum absolute atomic E-state index is 0.367. The summed E-state index contributed by atoms with van der Waals surface area (Å²) in [6, 6.07) is 18.8. The number of benzene rings is 2. The number of likely N-dealkylation sites (tertiary alicyclic amines) is 1. The van der Waals surface area contributed by atoms with Crippen molar-refractivity contribution in [2.45, 2.75) is 25.8 Å². The summed E-state index contributed by atoms with van der Waals surface area (Å²) in [5.74, 6) is -1.73. The number of rotatable bonds is 5. The third kappa shape index (κ3) is 5.74. The molecule has 8 heteroatoms. The summed E-state index contributed by atoms with van der Waals surface area (Å²) >= 11 is 0. The molecule has 0 bridgehead atoms. The van der Waals surface area contributed by atoms with E-state index in [4.69, 9.17) is 24.3 Å². The van der Waals surface area contributed by atoms with E-state index in [1.165, 1.54) is 16.7 Å². The molecule has 2 aromatic carbocycles. The Hall–Kier alpha value is -3.52. The molecular weight excluding hydrogens is 386 g/mol. The molecule has 0 spiro atoms. The first-order valence-corrected chi connectivity index (χ1v) is 9.52. The molecule has 0 atom stereocenters. The van der Waals surface area contributed by atoms with Gasteiger partial charge in [0.1, 0.15) is 0 Å². The number of carboxylic acids is 2. The monoisotopic (exact) mass is 409 g/mol. The van der Waals surface area contributed by atoms with E-state index in [0.717, 1.165) is 37.8 Å². The minimum atomic E-state index is -1.82. The van der Waals surface area contributed by atoms with Gasteiger partial charge in [0.05, 0.1) is 5.92 Å². The molecule has 0 amide bonds. The Morgan fingerprint density at radius 1 is 1.03 bits per heavy atom. The van der Waals surface area contributed by atoms with Crippen LogP contribution >= 0.6 is 0 Å². The fourth-order valence-corrected chi connectivity index (χ4v) is 3.17. The van der Waals surface area contributed by atoms with Crippen LogP contribution in [-0.4, -0.2) is 50.3 Å². The standard InChI is InChI=1S/C20H21N3O.C2H2O4/c1-15-7-5-6-10-17(15)12-23-13-18(14-23)20-21-19(22-24-20)11-16-8-3-2-4-9-16;3-1(4)2(5)6/h2-10,18H,11-14H2,1H3;(H,3,4)(H,5,6). The summed E-state index contributed by atoms with van der Waals surface area (Å²) in [7, 11) is 0. The molecule has 1 aliphatic rings. The molecule has 1 saturated heterocycles. The summed E-state index contributed by atoms with van der Waals surface area (Å²) in [6.07, 6.45) is 0.726. The van der Waals surface area contributed by atoms with Crippen LogP contribution in [0, 0.1) is 6.92 Å². The van der Waals surface area contributed by atoms with Gasteiger partial charge in [-0.1, -0.05) is 59.8 Å². The minimum Gasteiger partial charge on any atom is -0.473 e. The van der Waals surface area contributed by atoms with Crippen molar-refractivity contribution in [2.24, 2.45) is 0 Å². The van der Waals surface area contributed by atoms with Crippen molar-refractivity contribution in [3.05, 3.63) is 83.0 Å². The van der Waals surface area contributed by atoms with E-state index >= 15 is 0 Å². The van der Waals surface area contributed by atoms with Gasteiger partial charge in [0.15, 0.2) is 5.82 Å². The molecule has 2 heterocycles. The molecular formula is C22H23N3O5. The first-order valence-electron chi connectivity index (χ1n) is 9.52. The van der Waals surface area contributed by atoms with Crippen molar-refractivity contribution in [1.82, 2.24) is 15.0 Å². The van der Waals surface area contributed by atoms with E-state index in [2.05, 4.69) is 58.4 Å². The lowest BCUT2D eigenvalue weighted by atomic mass is 9.98. The number of aryl methyl sites for hydroxylation is 1. The van der Waals surface area contributed by atoms with Gasteiger partial charge in [-0.25, -0.2) is 9.59 Å². The van der Waals surface area contributed by atoms with Gasteiger partial charge < -0.3 is 14.7 Å². The second kappa shape index (κ2) is 9.80. The highest BCUT2D eigenvalue weighted by atomic mass is 16.5. The second-order valence-electron chi connectivity index (χ2n) is 7.14. The van der Waals surface area contributed by atoms with Crippen LogP contribution in [0.2, 0.25) is 0 Å². The Morgan fingerprint density at radius 3 is 2.30 bits per heavy atom. The van der Waals surface area contributed by atoms with Gasteiger partial charge in [0.2, 0.25) is 5.89 Å². The predicted octanol–water partition coefficient (Wildman–Crippen LogP) is 2.72. The molecule has 1 fully saturated rings. The lowest BCUT2D eigenvalue weighted by Crippen LogP contribution is -2.44. The Bertz CT molecular complexity index is 985. The van der Waals surface area contributed by atoms with E-state index in [0.29, 0.717) is 5.92 Å². The largest absolute Gasteiger partial charge is 0.473 e. The van der Waals surface area contributed by atoms with Gasteiger partial charge >= 0.3 is 11.9 Å². The fraction of sp³-hybridized carbons (Fsp3) is 0.273. The number of aliphatic carboxylic acids is 2. The number of aromatic nitrogens is 2. The maximum Gasteiger partial charge on any atom is 0.414 e. The van der Waals surface area contributed by atoms with Crippen molar-refractivity contribution < 1.29 is 24.3 Å². The zero-order valence-corrected chi connectivity index (χ0v) is 16.6. The molecule has 156 valence electrons. The van der Waals surface area contributed by atoms with Crippen LogP contribution in [0.25, 0.3) is 0 Å². The van der Waals surface area contributed by atoms with Crippen molar-refractivity contribution in [1.29, 1.82) is 0 Å². The second-order valence-corrected chi connectivity index (χ2v) is 7.14. The van der Waals surface area contributed by atoms with Crippen LogP contribution in [0.1, 0.15) is 34.3 Å². The van der Waals surface area contributed by atoms with E-state index in [-0.39, 0.29) is 0 Å². The lowest BCUT2D eigenvalue weighted by Gasteiger charge is -2.37. The van der Waals surface area contributed by atoms with Crippen LogP contribution in [0.5, 0.6) is 0 Å². The quantitative estimate of drug-likeness (QED) is 0.618. The van der Waals surface area contributed by atoms with E-state index in [1.807, 2.05) is 18.2 Å². The van der Waals surface area contributed by atoms with Gasteiger partial charge in [0, 0.05) is 26.1 Å². The maximum absolute atomic E-state index is 9.10. The average molecular weight is 409 g/mol. The van der Waals surface area contributed by atoms with Gasteiger partial charge in [-0.15, -0.1) is 0 Å². The number of carboxylic acid groups (broad SMARTS) is 2. The summed E-state index contributed by atoms with van der Waals surface area (Å²) in [5, 5.41) is 18.9. The Morgan fingerprint density at radius 2 is 1.67 bits per heavy atom. The van der Waals surface area contributed by atoms with Crippen molar-refractivity contribution in [3.63, 3.8) is 0 Å². The third-order valence-corrected chi connectivity index (χ3v) is 4.83. The summed E-state index contributed by atoms with van der Waals surface area (Å²) in [5.41, 5.74) is 3.95. The maximum atomic E-state index is 9.10. The number of hydrogen-bond donors (Lipinski definition) is 2. The molecule has 3 aromatic rings. The van der Waals surface area contributed by atoms with Crippen LogP contribution in [0.4, 0.5) is 0 Å². The van der Waals surface area contributed by atoms with Gasteiger partial charge in [-0.3, -0.25) is 4.90 Å². The van der Waals surface area contributed by atoms with Crippen molar-refractivity contribution in [2.75, 3.05) is 13.1 Å². The first kappa shape index (κ1) is 21.2. The molecule has 8 nitrogen and oxygen atoms in total. The molecule has 30 heavy (non-hydrogen) atoms. The zero-order chi connectivity index (χ0) is 21.5. The normalized spacial score (nSPS) is 13.8. The summed E-state index contributed by atoms with van der Waals surface area (Å²) in [4.78, 5) is 25.2. The topological polar surface area (TPSA) is 117 Å². The highest BCUT2D eigenvalue weighted by Gasteiger charge is 2.32. The Labute approximate surface area is 173 Å². The zero-order valence-electron chi connectivity index (χ0n) is 16.6. The molecule has 4 rings (SSSR count). The molecule has 0 aliphatic carbocycles. The molecule has 0 radical (unpaired) electrons. The third-order valence-electron chi connectivity index (χ3n) is 4.83. The number of carbonyl (C=O) groups is 2. The van der Waals surface area contributed by atoms with Gasteiger partial charge in [-0.2, -0.15) is 4.98 Å². The predicted molar refractivity (Wildman–Crippen MR) is 108 cm³/mol. The highest BCUT2D eigenvalue weighted by molar-refractivity contribution is 6.27. The van der Waals surface area contributed by atoms with Crippen molar-refractivity contribution >= 4 is 11.9 Å². The lowest BCUT2D eigenvalue weighted by molar-refractivity contribution is -0.159.